The lowest BCUT2D eigenvalue weighted by atomic mass is 9.47. The second-order valence-electron chi connectivity index (χ2n) is 21.1. The highest BCUT2D eigenvalue weighted by molar-refractivity contribution is 5.26. The van der Waals surface area contributed by atoms with Crippen LogP contribution in [0, 0.1) is 46.3 Å². The van der Waals surface area contributed by atoms with Crippen molar-refractivity contribution in [3.63, 3.8) is 0 Å². The molecule has 2 unspecified atom stereocenters. The summed E-state index contributed by atoms with van der Waals surface area (Å²) in [7, 11) is 0. The summed E-state index contributed by atoms with van der Waals surface area (Å²) in [4.78, 5) is 0. The Kier molecular flexibility index (Phi) is 12.4. The molecule has 1 spiro atoms. The molecule has 61 heavy (non-hydrogen) atoms. The van der Waals surface area contributed by atoms with Crippen LogP contribution < -0.4 is 0 Å². The van der Waals surface area contributed by atoms with Crippen molar-refractivity contribution >= 4 is 0 Å². The third kappa shape index (κ3) is 7.42. The number of ether oxygens (including phenoxy) is 8. The van der Waals surface area contributed by atoms with Gasteiger partial charge in [0.1, 0.15) is 61.0 Å². The lowest BCUT2D eigenvalue weighted by Crippen LogP contribution is -2.66. The Bertz CT molecular complexity index is 1590. The van der Waals surface area contributed by atoms with Gasteiger partial charge in [-0.15, -0.1) is 0 Å². The number of hydrogen-bond acceptors (Lipinski definition) is 16. The Morgan fingerprint density at radius 3 is 1.97 bits per heavy atom. The summed E-state index contributed by atoms with van der Waals surface area (Å²) in [6.45, 7) is 12.7. The Balaban J connectivity index is 0.916. The van der Waals surface area contributed by atoms with E-state index in [1.54, 1.807) is 0 Å². The molecule has 16 heteroatoms. The van der Waals surface area contributed by atoms with Crippen LogP contribution in [0.1, 0.15) is 99.3 Å². The summed E-state index contributed by atoms with van der Waals surface area (Å²) in [6.07, 6.45) is -10.4. The standard InChI is InChI=1S/C45H72O16/c1-19-9-14-45(54-18-19)20(2)30-28(61-45)16-27-25-8-7-23-15-24(10-12-43(23,5)26(25)11-13-44(27,30)6)57-42-39(60-41-36(52)34(50)32(48)22(4)56-41)37(53)38(29(17-46)58-42)59-40-35(51)33(49)31(47)21(3)55-40/h7,19-22,24-42,46-53H,8-18H2,1-6H3/t19?,20-,21-,22-,24?,25+,26-,27-,28-,29+,30-,31-,32-,33+,34+,35+,36+,37-,38+,39+,40-,41-,42+,43-,44-,45+/m0/s1. The van der Waals surface area contributed by atoms with Crippen LogP contribution in [0.2, 0.25) is 0 Å². The normalized spacial score (nSPS) is 58.4. The highest BCUT2D eigenvalue weighted by Crippen LogP contribution is 2.70. The van der Waals surface area contributed by atoms with Crippen molar-refractivity contribution in [1.29, 1.82) is 0 Å². The molecule has 16 nitrogen and oxygen atoms in total. The molecular formula is C45H72O16. The molecule has 0 aromatic heterocycles. The Morgan fingerprint density at radius 2 is 1.34 bits per heavy atom. The van der Waals surface area contributed by atoms with E-state index in [1.807, 2.05) is 0 Å². The molecule has 5 aliphatic heterocycles. The molecule has 0 aromatic rings. The van der Waals surface area contributed by atoms with Crippen molar-refractivity contribution in [2.45, 2.75) is 209 Å². The molecule has 0 bridgehead atoms. The molecule has 348 valence electrons. The van der Waals surface area contributed by atoms with Gasteiger partial charge in [0.15, 0.2) is 24.7 Å². The number of rotatable bonds is 7. The number of allylic oxidation sites excluding steroid dienone is 1. The van der Waals surface area contributed by atoms with Gasteiger partial charge >= 0.3 is 0 Å². The molecule has 4 aliphatic carbocycles. The summed E-state index contributed by atoms with van der Waals surface area (Å²) in [5.74, 6) is 2.64. The van der Waals surface area contributed by atoms with Crippen molar-refractivity contribution in [3.8, 4) is 0 Å². The molecule has 8 fully saturated rings. The second kappa shape index (κ2) is 16.8. The molecule has 5 heterocycles. The van der Waals surface area contributed by atoms with Gasteiger partial charge in [0.2, 0.25) is 0 Å². The first-order valence-corrected chi connectivity index (χ1v) is 23.2. The monoisotopic (exact) mass is 868 g/mol. The van der Waals surface area contributed by atoms with Crippen molar-refractivity contribution in [1.82, 2.24) is 0 Å². The quantitative estimate of drug-likeness (QED) is 0.168. The summed E-state index contributed by atoms with van der Waals surface area (Å²) in [5.41, 5.74) is 1.53. The SMILES string of the molecule is CC1CC[C@@]2(OC1)O[C@H]1C[C@H]3[C@@H]4CC=C5CC(O[C@@H]6O[C@H](CO)[C@@H](O[C@@H]7O[C@@H](C)[C@H](O)[C@@H](O)[C@H]7O)[C@H](O)[C@H]6O[C@@H]6O[C@@H](C)[C@H](O)[C@@H](O)[C@H]6O)CC[C@]5(C)[C@H]4CC[C@]3(C)[C@H]1[C@@H]2C. The number of hydrogen-bond donors (Lipinski definition) is 8. The van der Waals surface area contributed by atoms with Gasteiger partial charge in [-0.1, -0.05) is 39.3 Å². The van der Waals surface area contributed by atoms with Gasteiger partial charge in [-0.25, -0.2) is 0 Å². The maximum Gasteiger partial charge on any atom is 0.187 e. The molecule has 0 amide bonds. The second-order valence-corrected chi connectivity index (χ2v) is 21.1. The van der Waals surface area contributed by atoms with E-state index in [0.29, 0.717) is 48.3 Å². The van der Waals surface area contributed by atoms with Gasteiger partial charge in [0.05, 0.1) is 37.6 Å². The van der Waals surface area contributed by atoms with Crippen LogP contribution in [0.15, 0.2) is 11.6 Å². The highest BCUT2D eigenvalue weighted by Gasteiger charge is 2.69. The maximum absolute atomic E-state index is 12.0. The van der Waals surface area contributed by atoms with Crippen LogP contribution in [0.3, 0.4) is 0 Å². The number of aliphatic hydroxyl groups is 8. The van der Waals surface area contributed by atoms with Gasteiger partial charge in [0, 0.05) is 12.3 Å². The minimum Gasteiger partial charge on any atom is -0.394 e. The van der Waals surface area contributed by atoms with Gasteiger partial charge in [-0.05, 0) is 106 Å². The van der Waals surface area contributed by atoms with Crippen molar-refractivity contribution in [2.75, 3.05) is 13.2 Å². The first-order chi connectivity index (χ1) is 28.9. The Labute approximate surface area is 358 Å². The van der Waals surface area contributed by atoms with E-state index in [1.165, 1.54) is 25.8 Å². The number of aliphatic hydroxyl groups excluding tert-OH is 8. The average molecular weight is 869 g/mol. The molecule has 3 saturated carbocycles. The summed E-state index contributed by atoms with van der Waals surface area (Å²) >= 11 is 0. The van der Waals surface area contributed by atoms with Gasteiger partial charge in [-0.3, -0.25) is 0 Å². The first kappa shape index (κ1) is 45.3. The minimum absolute atomic E-state index is 0.0171. The fraction of sp³-hybridized carbons (Fsp3) is 0.956. The third-order valence-electron chi connectivity index (χ3n) is 17.6. The van der Waals surface area contributed by atoms with Crippen LogP contribution in [0.5, 0.6) is 0 Å². The lowest BCUT2D eigenvalue weighted by molar-refractivity contribution is -0.388. The van der Waals surface area contributed by atoms with Gasteiger partial charge < -0.3 is 78.7 Å². The molecule has 9 aliphatic rings. The van der Waals surface area contributed by atoms with E-state index in [9.17, 15) is 40.9 Å². The van der Waals surface area contributed by atoms with Crippen LogP contribution in [-0.4, -0.2) is 164 Å². The third-order valence-corrected chi connectivity index (χ3v) is 17.6. The zero-order valence-electron chi connectivity index (χ0n) is 36.5. The smallest absolute Gasteiger partial charge is 0.187 e. The van der Waals surface area contributed by atoms with Crippen LogP contribution in [0.25, 0.3) is 0 Å². The highest BCUT2D eigenvalue weighted by atomic mass is 16.8. The fourth-order valence-corrected chi connectivity index (χ4v) is 14.0. The zero-order chi connectivity index (χ0) is 43.5. The van der Waals surface area contributed by atoms with E-state index in [4.69, 9.17) is 37.9 Å². The maximum atomic E-state index is 12.0. The van der Waals surface area contributed by atoms with Crippen LogP contribution in [0.4, 0.5) is 0 Å². The topological polar surface area (TPSA) is 236 Å². The van der Waals surface area contributed by atoms with Gasteiger partial charge in [0.25, 0.3) is 0 Å². The molecule has 9 rings (SSSR count). The molecule has 0 radical (unpaired) electrons. The van der Waals surface area contributed by atoms with E-state index in [-0.39, 0.29) is 23.0 Å². The van der Waals surface area contributed by atoms with E-state index in [2.05, 4.69) is 33.8 Å². The van der Waals surface area contributed by atoms with Crippen molar-refractivity contribution < 1.29 is 78.7 Å². The summed E-state index contributed by atoms with van der Waals surface area (Å²) in [6, 6.07) is 0. The minimum atomic E-state index is -1.71. The zero-order valence-corrected chi connectivity index (χ0v) is 36.5. The number of fused-ring (bicyclic) bond motifs is 7. The molecule has 0 aromatic carbocycles. The van der Waals surface area contributed by atoms with E-state index < -0.39 is 105 Å². The van der Waals surface area contributed by atoms with Crippen LogP contribution >= 0.6 is 0 Å². The lowest BCUT2D eigenvalue weighted by Gasteiger charge is -2.58. The fourth-order valence-electron chi connectivity index (χ4n) is 14.0. The largest absolute Gasteiger partial charge is 0.394 e. The molecular weight excluding hydrogens is 796 g/mol. The predicted octanol–water partition coefficient (Wildman–Crippen LogP) is 1.24. The average Bonchev–Trinajstić information content (AvgIpc) is 3.69. The van der Waals surface area contributed by atoms with Crippen molar-refractivity contribution in [2.24, 2.45) is 46.3 Å². The van der Waals surface area contributed by atoms with E-state index in [0.717, 1.165) is 45.1 Å². The molecule has 8 N–H and O–H groups in total. The Hall–Kier alpha value is -0.900. The summed E-state index contributed by atoms with van der Waals surface area (Å²) < 4.78 is 50.1. The Morgan fingerprint density at radius 1 is 0.689 bits per heavy atom. The summed E-state index contributed by atoms with van der Waals surface area (Å²) in [5, 5.41) is 85.9. The van der Waals surface area contributed by atoms with Crippen LogP contribution in [-0.2, 0) is 37.9 Å². The first-order valence-electron chi connectivity index (χ1n) is 23.2. The van der Waals surface area contributed by atoms with E-state index >= 15 is 0 Å². The van der Waals surface area contributed by atoms with Crippen molar-refractivity contribution in [3.05, 3.63) is 11.6 Å². The van der Waals surface area contributed by atoms with Gasteiger partial charge in [-0.2, -0.15) is 0 Å². The predicted molar refractivity (Wildman–Crippen MR) is 213 cm³/mol. The molecule has 5 saturated heterocycles. The molecule has 26 atom stereocenters.